The maximum Gasteiger partial charge on any atom is 0.229 e. The van der Waals surface area contributed by atoms with Crippen LogP contribution in [0.1, 0.15) is 18.4 Å². The Morgan fingerprint density at radius 1 is 1.06 bits per heavy atom. The molecular formula is C12H13NO4. The van der Waals surface area contributed by atoms with Gasteiger partial charge in [-0.15, -0.1) is 0 Å². The first-order valence-corrected chi connectivity index (χ1v) is 5.42. The zero-order chi connectivity index (χ0) is 12.4. The highest BCUT2D eigenvalue weighted by atomic mass is 16.3. The molecule has 1 fully saturated rings. The number of carbonyl (C=O) groups is 2. The molecule has 5 nitrogen and oxygen atoms in total. The van der Waals surface area contributed by atoms with Crippen molar-refractivity contribution in [1.82, 2.24) is 4.90 Å². The van der Waals surface area contributed by atoms with Crippen molar-refractivity contribution in [3.8, 4) is 11.5 Å². The van der Waals surface area contributed by atoms with Gasteiger partial charge < -0.3 is 10.2 Å². The molecule has 1 aliphatic rings. The summed E-state index contributed by atoms with van der Waals surface area (Å²) in [6.45, 7) is 0.321. The van der Waals surface area contributed by atoms with E-state index in [0.717, 1.165) is 5.56 Å². The van der Waals surface area contributed by atoms with Crippen molar-refractivity contribution >= 4 is 11.8 Å². The summed E-state index contributed by atoms with van der Waals surface area (Å²) < 4.78 is 0. The molecule has 1 aromatic rings. The van der Waals surface area contributed by atoms with Gasteiger partial charge >= 0.3 is 0 Å². The average Bonchev–Trinajstić information content (AvgIpc) is 2.61. The molecule has 2 rings (SSSR count). The van der Waals surface area contributed by atoms with E-state index in [1.807, 2.05) is 0 Å². The van der Waals surface area contributed by atoms with E-state index in [1.165, 1.54) is 17.0 Å². The molecule has 0 aliphatic carbocycles. The minimum Gasteiger partial charge on any atom is -0.504 e. The lowest BCUT2D eigenvalue weighted by atomic mass is 10.1. The second-order valence-corrected chi connectivity index (χ2v) is 4.01. The fourth-order valence-corrected chi connectivity index (χ4v) is 1.84. The zero-order valence-electron chi connectivity index (χ0n) is 9.22. The van der Waals surface area contributed by atoms with Crippen molar-refractivity contribution in [2.24, 2.45) is 0 Å². The van der Waals surface area contributed by atoms with Crippen LogP contribution < -0.4 is 0 Å². The smallest absolute Gasteiger partial charge is 0.229 e. The molecule has 1 aliphatic heterocycles. The van der Waals surface area contributed by atoms with E-state index in [0.29, 0.717) is 25.8 Å². The van der Waals surface area contributed by atoms with Crippen LogP contribution in [0.15, 0.2) is 18.2 Å². The molecule has 0 unspecified atom stereocenters. The first kappa shape index (κ1) is 11.4. The molecule has 2 N–H and O–H groups in total. The lowest BCUT2D eigenvalue weighted by Crippen LogP contribution is -2.31. The summed E-state index contributed by atoms with van der Waals surface area (Å²) in [6.07, 6.45) is 1.06. The number of phenols is 2. The van der Waals surface area contributed by atoms with Gasteiger partial charge in [-0.1, -0.05) is 6.07 Å². The molecule has 2 amide bonds. The summed E-state index contributed by atoms with van der Waals surface area (Å²) in [6, 6.07) is 4.47. The lowest BCUT2D eigenvalue weighted by Gasteiger charge is -2.13. The van der Waals surface area contributed by atoms with E-state index in [9.17, 15) is 14.7 Å². The number of carbonyl (C=O) groups excluding carboxylic acids is 2. The summed E-state index contributed by atoms with van der Waals surface area (Å²) in [5.41, 5.74) is 0.771. The van der Waals surface area contributed by atoms with Gasteiger partial charge in [0.05, 0.1) is 0 Å². The predicted octanol–water partition coefficient (Wildman–Crippen LogP) is 0.789. The van der Waals surface area contributed by atoms with Gasteiger partial charge in [0.25, 0.3) is 0 Å². The van der Waals surface area contributed by atoms with Gasteiger partial charge in [0.15, 0.2) is 11.5 Å². The third kappa shape index (κ3) is 2.38. The maximum atomic E-state index is 11.3. The summed E-state index contributed by atoms with van der Waals surface area (Å²) in [4.78, 5) is 23.9. The highest BCUT2D eigenvalue weighted by Gasteiger charge is 2.28. The molecule has 1 saturated heterocycles. The Bertz CT molecular complexity index is 454. The Hall–Kier alpha value is -2.04. The SMILES string of the molecule is O=C1CCC(=O)N1CCc1ccc(O)c(O)c1. The maximum absolute atomic E-state index is 11.3. The van der Waals surface area contributed by atoms with Crippen LogP contribution in [0.25, 0.3) is 0 Å². The molecule has 0 saturated carbocycles. The summed E-state index contributed by atoms with van der Waals surface area (Å²) in [5, 5.41) is 18.4. The first-order valence-electron chi connectivity index (χ1n) is 5.42. The van der Waals surface area contributed by atoms with Gasteiger partial charge in [0.2, 0.25) is 11.8 Å². The van der Waals surface area contributed by atoms with Crippen molar-refractivity contribution in [3.63, 3.8) is 0 Å². The Morgan fingerprint density at radius 3 is 2.29 bits per heavy atom. The van der Waals surface area contributed by atoms with Crippen molar-refractivity contribution in [2.75, 3.05) is 6.54 Å². The second kappa shape index (κ2) is 4.45. The predicted molar refractivity (Wildman–Crippen MR) is 59.4 cm³/mol. The summed E-state index contributed by atoms with van der Waals surface area (Å²) >= 11 is 0. The number of hydrogen-bond donors (Lipinski definition) is 2. The lowest BCUT2D eigenvalue weighted by molar-refractivity contribution is -0.138. The van der Waals surface area contributed by atoms with Crippen molar-refractivity contribution < 1.29 is 19.8 Å². The topological polar surface area (TPSA) is 77.8 Å². The molecule has 1 heterocycles. The molecule has 0 aromatic heterocycles. The number of likely N-dealkylation sites (tertiary alicyclic amines) is 1. The second-order valence-electron chi connectivity index (χ2n) is 4.01. The highest BCUT2D eigenvalue weighted by molar-refractivity contribution is 6.01. The minimum absolute atomic E-state index is 0.141. The number of benzene rings is 1. The Morgan fingerprint density at radius 2 is 1.71 bits per heavy atom. The Labute approximate surface area is 98.3 Å². The quantitative estimate of drug-likeness (QED) is 0.599. The van der Waals surface area contributed by atoms with Crippen LogP contribution in [-0.2, 0) is 16.0 Å². The minimum atomic E-state index is -0.193. The van der Waals surface area contributed by atoms with Crippen molar-refractivity contribution in [3.05, 3.63) is 23.8 Å². The number of aromatic hydroxyl groups is 2. The highest BCUT2D eigenvalue weighted by Crippen LogP contribution is 2.25. The molecule has 0 atom stereocenters. The molecule has 0 radical (unpaired) electrons. The van der Waals surface area contributed by atoms with Gasteiger partial charge in [-0.3, -0.25) is 14.5 Å². The fourth-order valence-electron chi connectivity index (χ4n) is 1.84. The van der Waals surface area contributed by atoms with E-state index >= 15 is 0 Å². The first-order chi connectivity index (χ1) is 8.08. The zero-order valence-corrected chi connectivity index (χ0v) is 9.22. The van der Waals surface area contributed by atoms with E-state index in [4.69, 9.17) is 5.11 Å². The van der Waals surface area contributed by atoms with Crippen LogP contribution in [0.5, 0.6) is 11.5 Å². The van der Waals surface area contributed by atoms with Gasteiger partial charge in [0, 0.05) is 19.4 Å². The fraction of sp³-hybridized carbons (Fsp3) is 0.333. The average molecular weight is 235 g/mol. The standard InChI is InChI=1S/C12H13NO4/c14-9-2-1-8(7-10(9)15)5-6-13-11(16)3-4-12(13)17/h1-2,7,14-15H,3-6H2. The monoisotopic (exact) mass is 235 g/mol. The number of hydrogen-bond acceptors (Lipinski definition) is 4. The summed E-state index contributed by atoms with van der Waals surface area (Å²) in [5.74, 6) is -0.653. The number of imide groups is 1. The Kier molecular flexibility index (Phi) is 2.99. The number of amides is 2. The van der Waals surface area contributed by atoms with Gasteiger partial charge in [-0.25, -0.2) is 0 Å². The van der Waals surface area contributed by atoms with Crippen LogP contribution in [0.2, 0.25) is 0 Å². The van der Waals surface area contributed by atoms with Crippen molar-refractivity contribution in [2.45, 2.75) is 19.3 Å². The molecule has 0 spiro atoms. The third-order valence-corrected chi connectivity index (χ3v) is 2.82. The molecule has 5 heteroatoms. The van der Waals surface area contributed by atoms with E-state index < -0.39 is 0 Å². The van der Waals surface area contributed by atoms with E-state index in [2.05, 4.69) is 0 Å². The Balaban J connectivity index is 2.00. The van der Waals surface area contributed by atoms with Crippen molar-refractivity contribution in [1.29, 1.82) is 0 Å². The molecular weight excluding hydrogens is 222 g/mol. The van der Waals surface area contributed by atoms with E-state index in [1.54, 1.807) is 6.07 Å². The molecule has 1 aromatic carbocycles. The largest absolute Gasteiger partial charge is 0.504 e. The molecule has 17 heavy (non-hydrogen) atoms. The van der Waals surface area contributed by atoms with Crippen LogP contribution in [0, 0.1) is 0 Å². The van der Waals surface area contributed by atoms with Crippen LogP contribution in [-0.4, -0.2) is 33.5 Å². The van der Waals surface area contributed by atoms with Gasteiger partial charge in [-0.2, -0.15) is 0 Å². The van der Waals surface area contributed by atoms with Gasteiger partial charge in [-0.05, 0) is 24.1 Å². The molecule has 0 bridgehead atoms. The van der Waals surface area contributed by atoms with Crippen LogP contribution in [0.3, 0.4) is 0 Å². The van der Waals surface area contributed by atoms with E-state index in [-0.39, 0.29) is 23.3 Å². The number of nitrogens with zero attached hydrogens (tertiary/aromatic N) is 1. The number of rotatable bonds is 3. The van der Waals surface area contributed by atoms with Crippen LogP contribution >= 0.6 is 0 Å². The summed E-state index contributed by atoms with van der Waals surface area (Å²) in [7, 11) is 0. The normalized spacial score (nSPS) is 15.6. The third-order valence-electron chi connectivity index (χ3n) is 2.82. The van der Waals surface area contributed by atoms with Gasteiger partial charge in [0.1, 0.15) is 0 Å². The molecule has 90 valence electrons. The number of phenolic OH excluding ortho intramolecular Hbond substituents is 2. The van der Waals surface area contributed by atoms with Crippen LogP contribution in [0.4, 0.5) is 0 Å².